The van der Waals surface area contributed by atoms with E-state index in [0.29, 0.717) is 12.0 Å². The summed E-state index contributed by atoms with van der Waals surface area (Å²) in [6.07, 6.45) is 3.32. The van der Waals surface area contributed by atoms with Gasteiger partial charge in [0.05, 0.1) is 18.4 Å². The van der Waals surface area contributed by atoms with E-state index < -0.39 is 5.60 Å². The van der Waals surface area contributed by atoms with Crippen LogP contribution < -0.4 is 5.32 Å². The van der Waals surface area contributed by atoms with Crippen molar-refractivity contribution in [2.75, 3.05) is 6.54 Å². The third kappa shape index (κ3) is 3.29. The van der Waals surface area contributed by atoms with E-state index in [9.17, 15) is 9.90 Å². The van der Waals surface area contributed by atoms with Gasteiger partial charge in [0, 0.05) is 4.47 Å². The first kappa shape index (κ1) is 14.8. The Morgan fingerprint density at radius 3 is 2.60 bits per heavy atom. The van der Waals surface area contributed by atoms with Crippen molar-refractivity contribution in [3.63, 3.8) is 0 Å². The van der Waals surface area contributed by atoms with E-state index in [1.165, 1.54) is 12.5 Å². The molecule has 1 aromatic heterocycles. The molecule has 0 saturated heterocycles. The fourth-order valence-corrected chi connectivity index (χ4v) is 2.18. The van der Waals surface area contributed by atoms with Crippen molar-refractivity contribution < 1.29 is 14.3 Å². The van der Waals surface area contributed by atoms with E-state index in [4.69, 9.17) is 4.42 Å². The number of carbonyl (C=O) groups excluding carboxylic acids is 1. The molecule has 2 N–H and O–H groups in total. The first-order valence-corrected chi connectivity index (χ1v) is 7.13. The molecule has 2 rings (SSSR count). The van der Waals surface area contributed by atoms with Crippen LogP contribution in [0.2, 0.25) is 0 Å². The summed E-state index contributed by atoms with van der Waals surface area (Å²) < 4.78 is 5.81. The van der Waals surface area contributed by atoms with Gasteiger partial charge in [-0.25, -0.2) is 0 Å². The minimum Gasteiger partial charge on any atom is -0.472 e. The molecule has 0 saturated carbocycles. The molecule has 2 aromatic rings. The number of hydrogen-bond acceptors (Lipinski definition) is 3. The average Bonchev–Trinajstić information content (AvgIpc) is 2.99. The maximum absolute atomic E-state index is 11.9. The lowest BCUT2D eigenvalue weighted by molar-refractivity contribution is 0.0314. The van der Waals surface area contributed by atoms with Crippen molar-refractivity contribution in [2.24, 2.45) is 0 Å². The van der Waals surface area contributed by atoms with Gasteiger partial charge in [-0.1, -0.05) is 35.0 Å². The summed E-state index contributed by atoms with van der Waals surface area (Å²) in [6.45, 7) is 2.03. The summed E-state index contributed by atoms with van der Waals surface area (Å²) in [6, 6.07) is 9.01. The Kier molecular flexibility index (Phi) is 4.62. The number of rotatable bonds is 5. The predicted molar refractivity (Wildman–Crippen MR) is 79.4 cm³/mol. The Balaban J connectivity index is 2.08. The van der Waals surface area contributed by atoms with Gasteiger partial charge >= 0.3 is 0 Å². The SMILES string of the molecule is CC[C@](O)(CNC(=O)c1ccoc1)c1ccc(Br)cc1. The topological polar surface area (TPSA) is 62.5 Å². The Bertz CT molecular complexity index is 565. The molecule has 1 heterocycles. The van der Waals surface area contributed by atoms with Gasteiger partial charge in [-0.2, -0.15) is 0 Å². The van der Waals surface area contributed by atoms with Gasteiger partial charge in [0.25, 0.3) is 5.91 Å². The molecule has 106 valence electrons. The van der Waals surface area contributed by atoms with Gasteiger partial charge < -0.3 is 14.8 Å². The summed E-state index contributed by atoms with van der Waals surface area (Å²) in [5.74, 6) is -0.261. The molecular formula is C15H16BrNO3. The first-order valence-electron chi connectivity index (χ1n) is 6.34. The molecule has 0 unspecified atom stereocenters. The summed E-state index contributed by atoms with van der Waals surface area (Å²) >= 11 is 3.36. The molecule has 0 aliphatic rings. The molecule has 0 spiro atoms. The number of carbonyl (C=O) groups is 1. The number of hydrogen-bond donors (Lipinski definition) is 2. The predicted octanol–water partition coefficient (Wildman–Crippen LogP) is 3.07. The molecule has 1 aromatic carbocycles. The van der Waals surface area contributed by atoms with Crippen molar-refractivity contribution >= 4 is 21.8 Å². The van der Waals surface area contributed by atoms with Crippen LogP contribution in [0, 0.1) is 0 Å². The number of amides is 1. The van der Waals surface area contributed by atoms with E-state index in [2.05, 4.69) is 21.2 Å². The fraction of sp³-hybridized carbons (Fsp3) is 0.267. The van der Waals surface area contributed by atoms with Gasteiger partial charge in [-0.3, -0.25) is 4.79 Å². The second-order valence-corrected chi connectivity index (χ2v) is 5.50. The Morgan fingerprint density at radius 2 is 2.05 bits per heavy atom. The second kappa shape index (κ2) is 6.24. The number of halogens is 1. The lowest BCUT2D eigenvalue weighted by Gasteiger charge is -2.27. The fourth-order valence-electron chi connectivity index (χ4n) is 1.91. The molecule has 0 radical (unpaired) electrons. The number of benzene rings is 1. The van der Waals surface area contributed by atoms with Gasteiger partial charge in [-0.15, -0.1) is 0 Å². The van der Waals surface area contributed by atoms with Crippen molar-refractivity contribution in [1.82, 2.24) is 5.32 Å². The summed E-state index contributed by atoms with van der Waals surface area (Å²) in [7, 11) is 0. The molecular weight excluding hydrogens is 322 g/mol. The monoisotopic (exact) mass is 337 g/mol. The molecule has 1 atom stereocenters. The van der Waals surface area contributed by atoms with E-state index >= 15 is 0 Å². The van der Waals surface area contributed by atoms with Crippen LogP contribution in [0.5, 0.6) is 0 Å². The lowest BCUT2D eigenvalue weighted by atomic mass is 9.91. The molecule has 5 heteroatoms. The molecule has 0 aliphatic carbocycles. The minimum absolute atomic E-state index is 0.148. The number of furan rings is 1. The first-order chi connectivity index (χ1) is 9.55. The quantitative estimate of drug-likeness (QED) is 0.881. The molecule has 1 amide bonds. The lowest BCUT2D eigenvalue weighted by Crippen LogP contribution is -2.40. The largest absolute Gasteiger partial charge is 0.472 e. The highest BCUT2D eigenvalue weighted by Gasteiger charge is 2.27. The zero-order valence-corrected chi connectivity index (χ0v) is 12.7. The van der Waals surface area contributed by atoms with Crippen LogP contribution >= 0.6 is 15.9 Å². The number of nitrogens with one attached hydrogen (secondary N) is 1. The highest BCUT2D eigenvalue weighted by atomic mass is 79.9. The highest BCUT2D eigenvalue weighted by Crippen LogP contribution is 2.25. The standard InChI is InChI=1S/C15H16BrNO3/c1-2-15(19,12-3-5-13(16)6-4-12)10-17-14(18)11-7-8-20-9-11/h3-9,19H,2,10H2,1H3,(H,17,18)/t15-/m0/s1. The van der Waals surface area contributed by atoms with E-state index in [0.717, 1.165) is 10.0 Å². The van der Waals surface area contributed by atoms with Crippen molar-refractivity contribution in [3.8, 4) is 0 Å². The third-order valence-electron chi connectivity index (χ3n) is 3.29. The van der Waals surface area contributed by atoms with Gasteiger partial charge in [0.2, 0.25) is 0 Å². The Hall–Kier alpha value is -1.59. The maximum Gasteiger partial charge on any atom is 0.254 e. The van der Waals surface area contributed by atoms with Crippen LogP contribution in [0.25, 0.3) is 0 Å². The highest BCUT2D eigenvalue weighted by molar-refractivity contribution is 9.10. The summed E-state index contributed by atoms with van der Waals surface area (Å²) in [5.41, 5.74) is 0.134. The zero-order valence-electron chi connectivity index (χ0n) is 11.1. The van der Waals surface area contributed by atoms with Gasteiger partial charge in [-0.05, 0) is 30.2 Å². The van der Waals surface area contributed by atoms with Crippen LogP contribution in [-0.4, -0.2) is 17.6 Å². The smallest absolute Gasteiger partial charge is 0.254 e. The van der Waals surface area contributed by atoms with Crippen LogP contribution in [0.15, 0.2) is 51.7 Å². The van der Waals surface area contributed by atoms with Gasteiger partial charge in [0.15, 0.2) is 0 Å². The van der Waals surface area contributed by atoms with Gasteiger partial charge in [0.1, 0.15) is 11.9 Å². The molecule has 0 bridgehead atoms. The molecule has 0 fully saturated rings. The Labute approximate surface area is 125 Å². The van der Waals surface area contributed by atoms with E-state index in [-0.39, 0.29) is 12.5 Å². The maximum atomic E-state index is 11.9. The molecule has 4 nitrogen and oxygen atoms in total. The zero-order chi connectivity index (χ0) is 14.6. The summed E-state index contributed by atoms with van der Waals surface area (Å²) in [5, 5.41) is 13.4. The number of aliphatic hydroxyl groups is 1. The molecule has 20 heavy (non-hydrogen) atoms. The van der Waals surface area contributed by atoms with E-state index in [1.807, 2.05) is 31.2 Å². The average molecular weight is 338 g/mol. The van der Waals surface area contributed by atoms with Crippen LogP contribution in [0.1, 0.15) is 29.3 Å². The van der Waals surface area contributed by atoms with Crippen LogP contribution in [0.3, 0.4) is 0 Å². The Morgan fingerprint density at radius 1 is 1.35 bits per heavy atom. The van der Waals surface area contributed by atoms with Crippen LogP contribution in [-0.2, 0) is 5.60 Å². The normalized spacial score (nSPS) is 13.8. The van der Waals surface area contributed by atoms with Crippen LogP contribution in [0.4, 0.5) is 0 Å². The second-order valence-electron chi connectivity index (χ2n) is 4.59. The van der Waals surface area contributed by atoms with Crippen molar-refractivity contribution in [1.29, 1.82) is 0 Å². The van der Waals surface area contributed by atoms with E-state index in [1.54, 1.807) is 6.07 Å². The summed E-state index contributed by atoms with van der Waals surface area (Å²) in [4.78, 5) is 11.9. The van der Waals surface area contributed by atoms with Crippen molar-refractivity contribution in [2.45, 2.75) is 18.9 Å². The minimum atomic E-state index is -1.08. The third-order valence-corrected chi connectivity index (χ3v) is 3.82. The molecule has 0 aliphatic heterocycles. The van der Waals surface area contributed by atoms with Crippen molar-refractivity contribution in [3.05, 3.63) is 58.5 Å².